The summed E-state index contributed by atoms with van der Waals surface area (Å²) in [6.45, 7) is 0. The van der Waals surface area contributed by atoms with Crippen LogP contribution in [0.5, 0.6) is 0 Å². The van der Waals surface area contributed by atoms with Gasteiger partial charge in [0.2, 0.25) is 0 Å². The average Bonchev–Trinajstić information content (AvgIpc) is 2.41. The summed E-state index contributed by atoms with van der Waals surface area (Å²) >= 11 is 5.80. The minimum atomic E-state index is -1.15. The Labute approximate surface area is 127 Å². The van der Waals surface area contributed by atoms with Crippen LogP contribution in [0.1, 0.15) is 38.5 Å². The summed E-state index contributed by atoms with van der Waals surface area (Å²) in [4.78, 5) is 0.627. The first-order valence-corrected chi connectivity index (χ1v) is 8.75. The Kier molecular flexibility index (Phi) is 6.00. The summed E-state index contributed by atoms with van der Waals surface area (Å²) in [5, 5.41) is 3.41. The smallest absolute Gasteiger partial charge is 0.141 e. The van der Waals surface area contributed by atoms with E-state index in [4.69, 9.17) is 11.6 Å². The third-order valence-corrected chi connectivity index (χ3v) is 6.09. The van der Waals surface area contributed by atoms with Crippen LogP contribution in [0.4, 0.5) is 4.39 Å². The lowest BCUT2D eigenvalue weighted by atomic mass is 9.96. The maximum Gasteiger partial charge on any atom is 0.141 e. The summed E-state index contributed by atoms with van der Waals surface area (Å²) in [6.07, 6.45) is 6.70. The minimum absolute atomic E-state index is 0.0442. The zero-order valence-electron chi connectivity index (χ0n) is 11.7. The van der Waals surface area contributed by atoms with E-state index in [0.29, 0.717) is 4.90 Å². The van der Waals surface area contributed by atoms with Gasteiger partial charge in [0.25, 0.3) is 0 Å². The molecule has 2 nitrogen and oxygen atoms in total. The van der Waals surface area contributed by atoms with Crippen molar-refractivity contribution >= 4 is 22.4 Å². The fourth-order valence-electron chi connectivity index (χ4n) is 2.81. The molecule has 3 unspecified atom stereocenters. The molecule has 1 aromatic carbocycles. The van der Waals surface area contributed by atoms with Gasteiger partial charge in [-0.05, 0) is 38.1 Å². The van der Waals surface area contributed by atoms with Gasteiger partial charge in [-0.2, -0.15) is 0 Å². The highest BCUT2D eigenvalue weighted by Gasteiger charge is 2.27. The third-order valence-electron chi connectivity index (χ3n) is 3.97. The van der Waals surface area contributed by atoms with Crippen molar-refractivity contribution in [3.63, 3.8) is 0 Å². The fourth-order valence-corrected chi connectivity index (χ4v) is 4.80. The molecule has 0 amide bonds. The van der Waals surface area contributed by atoms with Gasteiger partial charge in [0.15, 0.2) is 0 Å². The van der Waals surface area contributed by atoms with Gasteiger partial charge in [0.1, 0.15) is 5.82 Å². The Hall–Kier alpha value is -0.450. The Morgan fingerprint density at radius 3 is 2.60 bits per heavy atom. The summed E-state index contributed by atoms with van der Waals surface area (Å²) in [5.41, 5.74) is 0. The molecule has 1 aromatic rings. The summed E-state index contributed by atoms with van der Waals surface area (Å²) in [5.74, 6) is -0.463. The number of hydrogen-bond acceptors (Lipinski definition) is 2. The topological polar surface area (TPSA) is 29.1 Å². The molecule has 0 radical (unpaired) electrons. The molecule has 0 aromatic heterocycles. The van der Waals surface area contributed by atoms with Crippen LogP contribution < -0.4 is 5.32 Å². The van der Waals surface area contributed by atoms with Crippen molar-refractivity contribution in [1.29, 1.82) is 0 Å². The molecule has 0 heterocycles. The van der Waals surface area contributed by atoms with Gasteiger partial charge >= 0.3 is 0 Å². The molecule has 1 fully saturated rings. The highest BCUT2D eigenvalue weighted by molar-refractivity contribution is 7.85. The Morgan fingerprint density at radius 2 is 1.95 bits per heavy atom. The van der Waals surface area contributed by atoms with Crippen molar-refractivity contribution < 1.29 is 8.60 Å². The van der Waals surface area contributed by atoms with Gasteiger partial charge in [0.05, 0.1) is 21.1 Å². The standard InChI is InChI=1S/C15H21ClFNOS/c1-18-14-6-4-2-3-5-7-15(14)20(19)11-8-9-13(17)12(16)10-11/h8-10,14-15,18H,2-7H2,1H3. The van der Waals surface area contributed by atoms with Crippen molar-refractivity contribution in [3.05, 3.63) is 29.0 Å². The maximum atomic E-state index is 13.2. The molecule has 20 heavy (non-hydrogen) atoms. The molecule has 0 bridgehead atoms. The quantitative estimate of drug-likeness (QED) is 0.916. The summed E-state index contributed by atoms with van der Waals surface area (Å²) < 4.78 is 26.0. The van der Waals surface area contributed by atoms with Crippen LogP contribution in [-0.4, -0.2) is 22.5 Å². The molecule has 0 spiro atoms. The van der Waals surface area contributed by atoms with Gasteiger partial charge in [0, 0.05) is 10.9 Å². The van der Waals surface area contributed by atoms with Crippen LogP contribution >= 0.6 is 11.6 Å². The molecule has 112 valence electrons. The number of halogens is 2. The van der Waals surface area contributed by atoms with E-state index in [1.807, 2.05) is 7.05 Å². The minimum Gasteiger partial charge on any atom is -0.316 e. The number of benzene rings is 1. The molecule has 0 aliphatic heterocycles. The van der Waals surface area contributed by atoms with E-state index in [1.165, 1.54) is 31.4 Å². The highest BCUT2D eigenvalue weighted by Crippen LogP contribution is 2.27. The predicted octanol–water partition coefficient (Wildman–Crippen LogP) is 3.90. The molecule has 1 saturated carbocycles. The molecule has 0 saturated heterocycles. The molecule has 1 aliphatic carbocycles. The van der Waals surface area contributed by atoms with E-state index in [-0.39, 0.29) is 16.3 Å². The van der Waals surface area contributed by atoms with Crippen molar-refractivity contribution in [2.75, 3.05) is 7.05 Å². The van der Waals surface area contributed by atoms with Crippen LogP contribution in [0.15, 0.2) is 23.1 Å². The zero-order valence-corrected chi connectivity index (χ0v) is 13.3. The average molecular weight is 318 g/mol. The maximum absolute atomic E-state index is 13.2. The van der Waals surface area contributed by atoms with Gasteiger partial charge in [-0.25, -0.2) is 4.39 Å². The molecule has 1 aliphatic rings. The first-order chi connectivity index (χ1) is 9.63. The second-order valence-corrected chi connectivity index (χ2v) is 7.38. The molecular formula is C15H21ClFNOS. The van der Waals surface area contributed by atoms with Gasteiger partial charge in [-0.1, -0.05) is 37.3 Å². The number of nitrogens with one attached hydrogen (secondary N) is 1. The normalized spacial score (nSPS) is 25.8. The van der Waals surface area contributed by atoms with Crippen LogP contribution in [-0.2, 0) is 10.8 Å². The Bertz CT molecular complexity index is 483. The van der Waals surface area contributed by atoms with Gasteiger partial charge in [-0.15, -0.1) is 0 Å². The zero-order chi connectivity index (χ0) is 14.5. The Balaban J connectivity index is 2.20. The van der Waals surface area contributed by atoms with Crippen LogP contribution in [0.2, 0.25) is 5.02 Å². The molecule has 2 rings (SSSR count). The lowest BCUT2D eigenvalue weighted by Gasteiger charge is -2.28. The first-order valence-electron chi connectivity index (χ1n) is 7.16. The van der Waals surface area contributed by atoms with E-state index < -0.39 is 16.6 Å². The third kappa shape index (κ3) is 3.80. The lowest BCUT2D eigenvalue weighted by molar-refractivity contribution is 0.414. The van der Waals surface area contributed by atoms with Crippen LogP contribution in [0.3, 0.4) is 0 Å². The molecule has 5 heteroatoms. The van der Waals surface area contributed by atoms with Crippen molar-refractivity contribution in [2.24, 2.45) is 0 Å². The summed E-state index contributed by atoms with van der Waals surface area (Å²) in [7, 11) is 0.774. The monoisotopic (exact) mass is 317 g/mol. The van der Waals surface area contributed by atoms with Gasteiger partial charge < -0.3 is 5.32 Å². The SMILES string of the molecule is CNC1CCCCCCC1S(=O)c1ccc(F)c(Cl)c1. The molecular weight excluding hydrogens is 297 g/mol. The number of rotatable bonds is 3. The second-order valence-electron chi connectivity index (χ2n) is 5.30. The van der Waals surface area contributed by atoms with Crippen molar-refractivity contribution in [3.8, 4) is 0 Å². The lowest BCUT2D eigenvalue weighted by Crippen LogP contribution is -2.41. The first kappa shape index (κ1) is 15.9. The van der Waals surface area contributed by atoms with Crippen LogP contribution in [0, 0.1) is 5.82 Å². The fraction of sp³-hybridized carbons (Fsp3) is 0.600. The molecule has 1 N–H and O–H groups in total. The van der Waals surface area contributed by atoms with E-state index in [0.717, 1.165) is 19.3 Å². The van der Waals surface area contributed by atoms with E-state index in [9.17, 15) is 8.60 Å². The van der Waals surface area contributed by atoms with E-state index in [1.54, 1.807) is 6.07 Å². The number of hydrogen-bond donors (Lipinski definition) is 1. The second kappa shape index (κ2) is 7.53. The van der Waals surface area contributed by atoms with E-state index in [2.05, 4.69) is 5.32 Å². The van der Waals surface area contributed by atoms with Crippen LogP contribution in [0.25, 0.3) is 0 Å². The summed E-state index contributed by atoms with van der Waals surface area (Å²) in [6, 6.07) is 4.63. The molecule has 3 atom stereocenters. The predicted molar refractivity (Wildman–Crippen MR) is 82.2 cm³/mol. The largest absolute Gasteiger partial charge is 0.316 e. The van der Waals surface area contributed by atoms with Gasteiger partial charge in [-0.3, -0.25) is 4.21 Å². The van der Waals surface area contributed by atoms with Crippen molar-refractivity contribution in [1.82, 2.24) is 5.32 Å². The highest BCUT2D eigenvalue weighted by atomic mass is 35.5. The Morgan fingerprint density at radius 1 is 1.25 bits per heavy atom. The van der Waals surface area contributed by atoms with E-state index >= 15 is 0 Å². The van der Waals surface area contributed by atoms with Crippen molar-refractivity contribution in [2.45, 2.75) is 54.7 Å².